The van der Waals surface area contributed by atoms with Crippen LogP contribution in [0.2, 0.25) is 0 Å². The molecule has 16 heavy (non-hydrogen) atoms. The second-order valence-corrected chi connectivity index (χ2v) is 4.36. The Morgan fingerprint density at radius 2 is 2.00 bits per heavy atom. The van der Waals surface area contributed by atoms with Crippen molar-refractivity contribution in [1.82, 2.24) is 4.83 Å². The molecular formula is C11H17NO3P+. The van der Waals surface area contributed by atoms with Gasteiger partial charge in [-0.3, -0.25) is 4.84 Å². The molecule has 1 atom stereocenters. The Bertz CT molecular complexity index is 318. The molecule has 1 aromatic rings. The van der Waals surface area contributed by atoms with E-state index in [9.17, 15) is 4.57 Å². The molecule has 0 aliphatic rings. The van der Waals surface area contributed by atoms with Crippen LogP contribution < -0.4 is 4.52 Å². The van der Waals surface area contributed by atoms with Crippen molar-refractivity contribution in [2.75, 3.05) is 13.7 Å². The van der Waals surface area contributed by atoms with Crippen molar-refractivity contribution >= 4 is 8.18 Å². The standard InChI is InChI=1S/C11H17NO3P/c1-3-4-10-12(14-2)16(13)15-11-8-6-5-7-9-11/h5-9H,3-4,10H2,1-2H3/q+1. The second-order valence-electron chi connectivity index (χ2n) is 3.25. The Morgan fingerprint density at radius 1 is 1.31 bits per heavy atom. The Kier molecular flexibility index (Phi) is 6.01. The molecule has 0 saturated carbocycles. The molecule has 0 aromatic heterocycles. The summed E-state index contributed by atoms with van der Waals surface area (Å²) >= 11 is 0. The zero-order valence-electron chi connectivity index (χ0n) is 9.63. The van der Waals surface area contributed by atoms with Crippen LogP contribution in [0, 0.1) is 0 Å². The van der Waals surface area contributed by atoms with E-state index < -0.39 is 8.18 Å². The van der Waals surface area contributed by atoms with E-state index in [0.717, 1.165) is 12.8 Å². The summed E-state index contributed by atoms with van der Waals surface area (Å²) in [5.41, 5.74) is 0. The molecule has 0 saturated heterocycles. The quantitative estimate of drug-likeness (QED) is 0.542. The van der Waals surface area contributed by atoms with Crippen molar-refractivity contribution in [3.8, 4) is 5.75 Å². The van der Waals surface area contributed by atoms with E-state index >= 15 is 0 Å². The van der Waals surface area contributed by atoms with Crippen molar-refractivity contribution in [2.24, 2.45) is 0 Å². The molecule has 0 N–H and O–H groups in total. The highest BCUT2D eigenvalue weighted by Gasteiger charge is 2.31. The van der Waals surface area contributed by atoms with Crippen molar-refractivity contribution in [1.29, 1.82) is 0 Å². The second kappa shape index (κ2) is 7.34. The molecule has 0 aliphatic carbocycles. The van der Waals surface area contributed by atoms with Gasteiger partial charge in [-0.1, -0.05) is 31.5 Å². The lowest BCUT2D eigenvalue weighted by Crippen LogP contribution is -2.17. The lowest BCUT2D eigenvalue weighted by molar-refractivity contribution is -0.0547. The molecule has 1 unspecified atom stereocenters. The maximum atomic E-state index is 11.8. The summed E-state index contributed by atoms with van der Waals surface area (Å²) < 4.78 is 17.1. The Hall–Kier alpha value is -0.960. The van der Waals surface area contributed by atoms with Gasteiger partial charge in [0.2, 0.25) is 0 Å². The van der Waals surface area contributed by atoms with Crippen LogP contribution in [0.5, 0.6) is 5.75 Å². The molecule has 0 spiro atoms. The Morgan fingerprint density at radius 3 is 2.56 bits per heavy atom. The first kappa shape index (κ1) is 13.1. The van der Waals surface area contributed by atoms with Gasteiger partial charge in [-0.15, -0.1) is 0 Å². The molecule has 0 heterocycles. The van der Waals surface area contributed by atoms with Crippen LogP contribution >= 0.6 is 8.18 Å². The maximum Gasteiger partial charge on any atom is 0.692 e. The number of rotatable bonds is 7. The van der Waals surface area contributed by atoms with Gasteiger partial charge in [0.05, 0.1) is 18.5 Å². The first-order valence-electron chi connectivity index (χ1n) is 5.29. The van der Waals surface area contributed by atoms with Gasteiger partial charge in [0, 0.05) is 4.57 Å². The molecular weight excluding hydrogens is 225 g/mol. The van der Waals surface area contributed by atoms with E-state index in [2.05, 4.69) is 6.92 Å². The minimum Gasteiger partial charge on any atom is -0.259 e. The van der Waals surface area contributed by atoms with E-state index in [1.807, 2.05) is 18.2 Å². The summed E-state index contributed by atoms with van der Waals surface area (Å²) in [7, 11) is -0.474. The first-order chi connectivity index (χ1) is 7.77. The van der Waals surface area contributed by atoms with E-state index in [0.29, 0.717) is 12.3 Å². The highest BCUT2D eigenvalue weighted by atomic mass is 31.1. The third-order valence-electron chi connectivity index (χ3n) is 2.02. The van der Waals surface area contributed by atoms with Gasteiger partial charge in [0.15, 0.2) is 5.75 Å². The van der Waals surface area contributed by atoms with Crippen LogP contribution in [0.15, 0.2) is 30.3 Å². The molecule has 0 bridgehead atoms. The summed E-state index contributed by atoms with van der Waals surface area (Å²) in [6.45, 7) is 2.67. The average molecular weight is 242 g/mol. The van der Waals surface area contributed by atoms with Gasteiger partial charge < -0.3 is 0 Å². The summed E-state index contributed by atoms with van der Waals surface area (Å²) in [5.74, 6) is 0.585. The van der Waals surface area contributed by atoms with E-state index in [-0.39, 0.29) is 0 Å². The van der Waals surface area contributed by atoms with Crippen LogP contribution in [0.3, 0.4) is 0 Å². The van der Waals surface area contributed by atoms with Crippen LogP contribution in [-0.2, 0) is 9.40 Å². The summed E-state index contributed by atoms with van der Waals surface area (Å²) in [5, 5.41) is 0. The van der Waals surface area contributed by atoms with E-state index in [1.165, 1.54) is 11.9 Å². The fourth-order valence-corrected chi connectivity index (χ4v) is 1.98. The van der Waals surface area contributed by atoms with Gasteiger partial charge in [0.1, 0.15) is 0 Å². The predicted octanol–water partition coefficient (Wildman–Crippen LogP) is 3.39. The number of hydrogen-bond donors (Lipinski definition) is 0. The lowest BCUT2D eigenvalue weighted by atomic mass is 10.3. The number of unbranched alkanes of at least 4 members (excludes halogenated alkanes) is 1. The number of nitrogens with zero attached hydrogens (tertiary/aromatic N) is 1. The van der Waals surface area contributed by atoms with Crippen molar-refractivity contribution in [3.05, 3.63) is 30.3 Å². The number of benzene rings is 1. The van der Waals surface area contributed by atoms with Crippen molar-refractivity contribution < 1.29 is 13.9 Å². The molecule has 0 radical (unpaired) electrons. The maximum absolute atomic E-state index is 11.8. The zero-order chi connectivity index (χ0) is 11.8. The van der Waals surface area contributed by atoms with Crippen LogP contribution in [0.4, 0.5) is 0 Å². The third-order valence-corrected chi connectivity index (χ3v) is 3.12. The Balaban J connectivity index is 2.49. The fourth-order valence-electron chi connectivity index (χ4n) is 1.15. The highest BCUT2D eigenvalue weighted by Crippen LogP contribution is 2.31. The molecule has 88 valence electrons. The summed E-state index contributed by atoms with van der Waals surface area (Å²) in [4.78, 5) is 6.38. The van der Waals surface area contributed by atoms with Crippen LogP contribution in [0.25, 0.3) is 0 Å². The van der Waals surface area contributed by atoms with Crippen LogP contribution in [0.1, 0.15) is 19.8 Å². The number of para-hydroxylation sites is 1. The highest BCUT2D eigenvalue weighted by molar-refractivity contribution is 7.36. The monoisotopic (exact) mass is 242 g/mol. The van der Waals surface area contributed by atoms with Crippen LogP contribution in [-0.4, -0.2) is 18.5 Å². The molecule has 1 rings (SSSR count). The molecule has 1 aromatic carbocycles. The van der Waals surface area contributed by atoms with Gasteiger partial charge >= 0.3 is 8.18 Å². The topological polar surface area (TPSA) is 38.8 Å². The first-order valence-corrected chi connectivity index (χ1v) is 6.42. The largest absolute Gasteiger partial charge is 0.692 e. The van der Waals surface area contributed by atoms with Gasteiger partial charge in [-0.05, 0) is 18.6 Å². The van der Waals surface area contributed by atoms with Gasteiger partial charge in [-0.2, -0.15) is 0 Å². The zero-order valence-corrected chi connectivity index (χ0v) is 10.5. The van der Waals surface area contributed by atoms with Gasteiger partial charge in [0.25, 0.3) is 0 Å². The third kappa shape index (κ3) is 4.27. The van der Waals surface area contributed by atoms with Crippen molar-refractivity contribution in [2.45, 2.75) is 19.8 Å². The molecule has 5 heteroatoms. The molecule has 0 aliphatic heterocycles. The molecule has 0 fully saturated rings. The minimum absolute atomic E-state index is 0.585. The number of hydroxylamine groups is 1. The van der Waals surface area contributed by atoms with E-state index in [1.54, 1.807) is 12.1 Å². The molecule has 4 nitrogen and oxygen atoms in total. The predicted molar refractivity (Wildman–Crippen MR) is 63.3 cm³/mol. The van der Waals surface area contributed by atoms with Crippen molar-refractivity contribution in [3.63, 3.8) is 0 Å². The lowest BCUT2D eigenvalue weighted by Gasteiger charge is -2.05. The minimum atomic E-state index is -1.97. The summed E-state index contributed by atoms with van der Waals surface area (Å²) in [6.07, 6.45) is 1.95. The normalized spacial score (nSPS) is 11.6. The van der Waals surface area contributed by atoms with Gasteiger partial charge in [-0.25, -0.2) is 4.52 Å². The summed E-state index contributed by atoms with van der Waals surface area (Å²) in [6, 6.07) is 9.08. The molecule has 0 amide bonds. The average Bonchev–Trinajstić information content (AvgIpc) is 2.31. The SMILES string of the molecule is CCCCN(OC)[P+](=O)Oc1ccccc1. The smallest absolute Gasteiger partial charge is 0.259 e. The fraction of sp³-hybridized carbons (Fsp3) is 0.455. The number of hydrogen-bond acceptors (Lipinski definition) is 3. The Labute approximate surface area is 97.0 Å². The van der Waals surface area contributed by atoms with E-state index in [4.69, 9.17) is 9.36 Å².